The van der Waals surface area contributed by atoms with Crippen molar-refractivity contribution in [1.82, 2.24) is 0 Å². The lowest BCUT2D eigenvalue weighted by Crippen LogP contribution is -1.57. The molecule has 0 N–H and O–H groups in total. The van der Waals surface area contributed by atoms with Gasteiger partial charge in [0.05, 0.1) is 0 Å². The topological polar surface area (TPSA) is 0 Å². The van der Waals surface area contributed by atoms with Crippen LogP contribution in [0.2, 0.25) is 0 Å². The maximum absolute atomic E-state index is 3.57. The van der Waals surface area contributed by atoms with Crippen molar-refractivity contribution in [1.29, 1.82) is 0 Å². The summed E-state index contributed by atoms with van der Waals surface area (Å²) >= 11 is 1.61. The smallest absolute Gasteiger partial charge is 0.0140 e. The van der Waals surface area contributed by atoms with Crippen LogP contribution in [-0.4, -0.2) is 0 Å². The maximum Gasteiger partial charge on any atom is -0.0140 e. The van der Waals surface area contributed by atoms with Gasteiger partial charge in [-0.15, -0.1) is 11.8 Å². The van der Waals surface area contributed by atoms with Gasteiger partial charge in [0.25, 0.3) is 0 Å². The lowest BCUT2D eigenvalue weighted by molar-refractivity contribution is 1.68. The second-order valence-corrected chi connectivity index (χ2v) is 2.51. The van der Waals surface area contributed by atoms with E-state index in [0.29, 0.717) is 0 Å². The van der Waals surface area contributed by atoms with Crippen molar-refractivity contribution in [2.45, 2.75) is 6.92 Å². The highest BCUT2D eigenvalue weighted by Gasteiger charge is 1.78. The minimum Gasteiger partial charge on any atom is -0.103 e. The molecule has 8 heavy (non-hydrogen) atoms. The maximum atomic E-state index is 3.57. The highest BCUT2D eigenvalue weighted by Crippen LogP contribution is 2.13. The Labute approximate surface area is 55.0 Å². The van der Waals surface area contributed by atoms with Crippen LogP contribution >= 0.6 is 11.8 Å². The molecule has 0 atom stereocenters. The molecule has 0 bridgehead atoms. The van der Waals surface area contributed by atoms with Gasteiger partial charge in [0.1, 0.15) is 0 Å². The van der Waals surface area contributed by atoms with E-state index in [1.54, 1.807) is 23.2 Å². The molecule has 44 valence electrons. The van der Waals surface area contributed by atoms with E-state index in [1.165, 1.54) is 4.91 Å². The van der Waals surface area contributed by atoms with Crippen molar-refractivity contribution in [3.63, 3.8) is 0 Å². The van der Waals surface area contributed by atoms with Crippen molar-refractivity contribution < 1.29 is 0 Å². The van der Waals surface area contributed by atoms with Gasteiger partial charge in [-0.3, -0.25) is 0 Å². The number of hydrogen-bond donors (Lipinski definition) is 0. The number of thioether (sulfide) groups is 1. The summed E-state index contributed by atoms with van der Waals surface area (Å²) in [6, 6.07) is 0. The Hall–Kier alpha value is -0.430. The fraction of sp³-hybridized carbons (Fsp3) is 0.143. The summed E-state index contributed by atoms with van der Waals surface area (Å²) in [7, 11) is 0. The zero-order chi connectivity index (χ0) is 6.41. The molecule has 1 heteroatoms. The van der Waals surface area contributed by atoms with E-state index >= 15 is 0 Å². The molecule has 0 aromatic heterocycles. The highest BCUT2D eigenvalue weighted by atomic mass is 32.2. The van der Waals surface area contributed by atoms with Gasteiger partial charge in [0.15, 0.2) is 0 Å². The number of hydrogen-bond acceptors (Lipinski definition) is 1. The van der Waals surface area contributed by atoms with Gasteiger partial charge in [-0.25, -0.2) is 0 Å². The monoisotopic (exact) mass is 126 g/mol. The molecule has 0 aromatic rings. The van der Waals surface area contributed by atoms with Gasteiger partial charge in [-0.1, -0.05) is 25.3 Å². The molecule has 0 aliphatic carbocycles. The molecule has 0 aliphatic rings. The van der Waals surface area contributed by atoms with Crippen molar-refractivity contribution >= 4 is 11.8 Å². The largest absolute Gasteiger partial charge is 0.103 e. The van der Waals surface area contributed by atoms with Crippen LogP contribution in [-0.2, 0) is 0 Å². The van der Waals surface area contributed by atoms with Gasteiger partial charge >= 0.3 is 0 Å². The molecule has 0 fully saturated rings. The van der Waals surface area contributed by atoms with Crippen LogP contribution in [0, 0.1) is 0 Å². The van der Waals surface area contributed by atoms with Gasteiger partial charge in [-0.2, -0.15) is 0 Å². The SMILES string of the molecule is C=C/C=C(/C)SC=C. The summed E-state index contributed by atoms with van der Waals surface area (Å²) in [4.78, 5) is 1.22. The molecular weight excluding hydrogens is 116 g/mol. The van der Waals surface area contributed by atoms with E-state index < -0.39 is 0 Å². The van der Waals surface area contributed by atoms with Gasteiger partial charge < -0.3 is 0 Å². The van der Waals surface area contributed by atoms with Gasteiger partial charge in [0, 0.05) is 0 Å². The third-order valence-electron chi connectivity index (χ3n) is 0.622. The van der Waals surface area contributed by atoms with Crippen molar-refractivity contribution in [2.24, 2.45) is 0 Å². The van der Waals surface area contributed by atoms with Crippen LogP contribution in [0.1, 0.15) is 6.92 Å². The molecule has 0 radical (unpaired) electrons. The Morgan fingerprint density at radius 2 is 2.12 bits per heavy atom. The molecule has 0 nitrogen and oxygen atoms in total. The second-order valence-electron chi connectivity index (χ2n) is 1.30. The first-order chi connectivity index (χ1) is 3.81. The van der Waals surface area contributed by atoms with E-state index in [4.69, 9.17) is 0 Å². The normalized spacial score (nSPS) is 10.9. The Morgan fingerprint density at radius 3 is 2.50 bits per heavy atom. The van der Waals surface area contributed by atoms with Crippen molar-refractivity contribution in [2.75, 3.05) is 0 Å². The zero-order valence-electron chi connectivity index (χ0n) is 5.05. The third-order valence-corrected chi connectivity index (χ3v) is 1.30. The molecule has 0 saturated carbocycles. The van der Waals surface area contributed by atoms with Crippen molar-refractivity contribution in [3.8, 4) is 0 Å². The molecule has 0 rings (SSSR count). The highest BCUT2D eigenvalue weighted by molar-refractivity contribution is 8.05. The van der Waals surface area contributed by atoms with Gasteiger partial charge in [-0.05, 0) is 17.2 Å². The second kappa shape index (κ2) is 4.72. The van der Waals surface area contributed by atoms with Crippen LogP contribution in [0.5, 0.6) is 0 Å². The Morgan fingerprint density at radius 1 is 1.50 bits per heavy atom. The summed E-state index contributed by atoms with van der Waals surface area (Å²) in [5.74, 6) is 0. The zero-order valence-corrected chi connectivity index (χ0v) is 5.87. The first kappa shape index (κ1) is 7.57. The minimum absolute atomic E-state index is 1.22. The molecule has 0 spiro atoms. The Bertz CT molecular complexity index is 112. The average molecular weight is 126 g/mol. The van der Waals surface area contributed by atoms with Crippen LogP contribution in [0.15, 0.2) is 35.6 Å². The van der Waals surface area contributed by atoms with Crippen LogP contribution in [0.4, 0.5) is 0 Å². The number of rotatable bonds is 3. The first-order valence-electron chi connectivity index (χ1n) is 2.38. The Kier molecular flexibility index (Phi) is 4.47. The van der Waals surface area contributed by atoms with Crippen molar-refractivity contribution in [3.05, 3.63) is 35.6 Å². The lowest BCUT2D eigenvalue weighted by Gasteiger charge is -1.87. The molecule has 0 unspecified atom stereocenters. The standard InChI is InChI=1S/C7H10S/c1-4-6-7(3)8-5-2/h4-6H,1-2H2,3H3/b7-6-. The predicted octanol–water partition coefficient (Wildman–Crippen LogP) is 2.95. The van der Waals surface area contributed by atoms with E-state index in [1.807, 2.05) is 13.0 Å². The summed E-state index contributed by atoms with van der Waals surface area (Å²) in [5, 5.41) is 1.80. The van der Waals surface area contributed by atoms with Crippen LogP contribution in [0.25, 0.3) is 0 Å². The molecule has 0 amide bonds. The van der Waals surface area contributed by atoms with E-state index in [0.717, 1.165) is 0 Å². The number of allylic oxidation sites excluding steroid dienone is 3. The van der Waals surface area contributed by atoms with E-state index in [2.05, 4.69) is 13.2 Å². The Balaban J connectivity index is 3.60. The average Bonchev–Trinajstić information content (AvgIpc) is 1.68. The molecular formula is C7H10S. The molecule has 0 aromatic carbocycles. The van der Waals surface area contributed by atoms with E-state index in [-0.39, 0.29) is 0 Å². The van der Waals surface area contributed by atoms with Gasteiger partial charge in [0.2, 0.25) is 0 Å². The van der Waals surface area contributed by atoms with Crippen LogP contribution in [0.3, 0.4) is 0 Å². The van der Waals surface area contributed by atoms with E-state index in [9.17, 15) is 0 Å². The third kappa shape index (κ3) is 3.75. The fourth-order valence-electron chi connectivity index (χ4n) is 0.337. The molecule has 0 heterocycles. The summed E-state index contributed by atoms with van der Waals surface area (Å²) in [5.41, 5.74) is 0. The lowest BCUT2D eigenvalue weighted by atomic mass is 10.5. The first-order valence-corrected chi connectivity index (χ1v) is 3.26. The fourth-order valence-corrected chi connectivity index (χ4v) is 0.774. The quantitative estimate of drug-likeness (QED) is 0.524. The molecule has 0 aliphatic heterocycles. The summed E-state index contributed by atoms with van der Waals surface area (Å²) in [6.07, 6.45) is 3.72. The minimum atomic E-state index is 1.22. The van der Waals surface area contributed by atoms with Crippen LogP contribution < -0.4 is 0 Å². The summed E-state index contributed by atoms with van der Waals surface area (Å²) < 4.78 is 0. The predicted molar refractivity (Wildman–Crippen MR) is 41.7 cm³/mol. The summed E-state index contributed by atoms with van der Waals surface area (Å²) in [6.45, 7) is 9.15. The molecule has 0 saturated heterocycles.